The quantitative estimate of drug-likeness (QED) is 0.460. The molecule has 0 saturated carbocycles. The van der Waals surface area contributed by atoms with Gasteiger partial charge in [-0.05, 0) is 31.5 Å². The van der Waals surface area contributed by atoms with E-state index in [9.17, 15) is 9.18 Å². The zero-order valence-corrected chi connectivity index (χ0v) is 15.6. The Morgan fingerprint density at radius 3 is 2.63 bits per heavy atom. The number of nitrogens with zero attached hydrogens (tertiary/aromatic N) is 3. The molecular weight excluding hydrogens is 351 g/mol. The predicted octanol–water partition coefficient (Wildman–Crippen LogP) is 2.57. The van der Waals surface area contributed by atoms with Gasteiger partial charge in [-0.3, -0.25) is 4.79 Å². The van der Waals surface area contributed by atoms with E-state index >= 15 is 0 Å². The maximum absolute atomic E-state index is 13.2. The minimum atomic E-state index is -0.589. The van der Waals surface area contributed by atoms with E-state index in [1.165, 1.54) is 20.2 Å². The molecule has 1 aromatic heterocycles. The average molecular weight is 372 g/mol. The minimum absolute atomic E-state index is 0.0917. The molecule has 0 bridgehead atoms. The fourth-order valence-electron chi connectivity index (χ4n) is 2.39. The van der Waals surface area contributed by atoms with E-state index in [0.29, 0.717) is 17.0 Å². The van der Waals surface area contributed by atoms with Crippen LogP contribution in [0.5, 0.6) is 0 Å². The number of nitrogens with one attached hydrogen (secondary N) is 1. The van der Waals surface area contributed by atoms with Crippen molar-refractivity contribution < 1.29 is 18.9 Å². The van der Waals surface area contributed by atoms with E-state index in [-0.39, 0.29) is 18.2 Å². The molecule has 1 aromatic carbocycles. The van der Waals surface area contributed by atoms with Crippen LogP contribution in [0.3, 0.4) is 0 Å². The van der Waals surface area contributed by atoms with Crippen LogP contribution in [-0.4, -0.2) is 36.5 Å². The molecule has 1 amide bonds. The molecule has 7 nitrogen and oxygen atoms in total. The monoisotopic (exact) mass is 372 g/mol. The van der Waals surface area contributed by atoms with Crippen molar-refractivity contribution in [3.8, 4) is 0 Å². The SMILES string of the molecule is CNC(=O)/C(=N/OC)c1cccc(C)c1CO/N=C(\C)c1cccc(F)n1. The number of benzene rings is 1. The van der Waals surface area contributed by atoms with Gasteiger partial charge in [0.15, 0.2) is 5.71 Å². The number of aryl methyl sites for hydroxylation is 1. The summed E-state index contributed by atoms with van der Waals surface area (Å²) in [4.78, 5) is 26.1. The van der Waals surface area contributed by atoms with Crippen molar-refractivity contribution >= 4 is 17.3 Å². The van der Waals surface area contributed by atoms with E-state index in [1.54, 1.807) is 25.1 Å². The molecule has 142 valence electrons. The van der Waals surface area contributed by atoms with E-state index in [2.05, 4.69) is 20.6 Å². The van der Waals surface area contributed by atoms with Crippen LogP contribution in [0.25, 0.3) is 0 Å². The molecule has 0 atom stereocenters. The van der Waals surface area contributed by atoms with Crippen LogP contribution < -0.4 is 5.32 Å². The molecular formula is C19H21FN4O3. The van der Waals surface area contributed by atoms with Crippen LogP contribution in [-0.2, 0) is 21.1 Å². The summed E-state index contributed by atoms with van der Waals surface area (Å²) in [7, 11) is 2.88. The summed E-state index contributed by atoms with van der Waals surface area (Å²) in [6.45, 7) is 3.65. The van der Waals surface area contributed by atoms with Gasteiger partial charge in [0.1, 0.15) is 19.4 Å². The van der Waals surface area contributed by atoms with Gasteiger partial charge in [0.2, 0.25) is 5.95 Å². The Hall–Kier alpha value is -3.29. The molecule has 0 aliphatic rings. The van der Waals surface area contributed by atoms with Gasteiger partial charge in [-0.15, -0.1) is 0 Å². The largest absolute Gasteiger partial charge is 0.398 e. The van der Waals surface area contributed by atoms with E-state index in [1.807, 2.05) is 19.1 Å². The molecule has 2 rings (SSSR count). The Morgan fingerprint density at radius 2 is 1.96 bits per heavy atom. The van der Waals surface area contributed by atoms with Crippen LogP contribution in [0.1, 0.15) is 29.3 Å². The van der Waals surface area contributed by atoms with Crippen molar-refractivity contribution in [2.75, 3.05) is 14.2 Å². The summed E-state index contributed by atoms with van der Waals surface area (Å²) < 4.78 is 13.2. The molecule has 0 spiro atoms. The van der Waals surface area contributed by atoms with Gasteiger partial charge in [-0.1, -0.05) is 34.6 Å². The highest BCUT2D eigenvalue weighted by Gasteiger charge is 2.19. The van der Waals surface area contributed by atoms with Crippen LogP contribution in [0.4, 0.5) is 4.39 Å². The maximum atomic E-state index is 13.2. The van der Waals surface area contributed by atoms with Gasteiger partial charge in [-0.2, -0.15) is 4.39 Å². The number of rotatable bonds is 7. The third kappa shape index (κ3) is 5.10. The fraction of sp³-hybridized carbons (Fsp3) is 0.263. The van der Waals surface area contributed by atoms with E-state index in [0.717, 1.165) is 11.1 Å². The fourth-order valence-corrected chi connectivity index (χ4v) is 2.39. The lowest BCUT2D eigenvalue weighted by atomic mass is 9.98. The first-order valence-corrected chi connectivity index (χ1v) is 8.19. The Bertz CT molecular complexity index is 881. The van der Waals surface area contributed by atoms with Gasteiger partial charge in [0.25, 0.3) is 5.91 Å². The Balaban J connectivity index is 2.27. The number of carbonyl (C=O) groups excluding carboxylic acids is 1. The van der Waals surface area contributed by atoms with Crippen molar-refractivity contribution in [3.63, 3.8) is 0 Å². The normalized spacial score (nSPS) is 11.9. The number of hydrogen-bond acceptors (Lipinski definition) is 6. The zero-order chi connectivity index (χ0) is 19.8. The van der Waals surface area contributed by atoms with Crippen molar-refractivity contribution in [2.45, 2.75) is 20.5 Å². The third-order valence-corrected chi connectivity index (χ3v) is 3.79. The zero-order valence-electron chi connectivity index (χ0n) is 15.6. The summed E-state index contributed by atoms with van der Waals surface area (Å²) >= 11 is 0. The summed E-state index contributed by atoms with van der Waals surface area (Å²) in [5.74, 6) is -0.971. The highest BCUT2D eigenvalue weighted by atomic mass is 19.1. The Kier molecular flexibility index (Phi) is 6.99. The van der Waals surface area contributed by atoms with E-state index < -0.39 is 5.95 Å². The maximum Gasteiger partial charge on any atom is 0.273 e. The molecule has 27 heavy (non-hydrogen) atoms. The van der Waals surface area contributed by atoms with Gasteiger partial charge >= 0.3 is 0 Å². The average Bonchev–Trinajstić information content (AvgIpc) is 2.66. The lowest BCUT2D eigenvalue weighted by molar-refractivity contribution is -0.114. The minimum Gasteiger partial charge on any atom is -0.398 e. The first-order chi connectivity index (χ1) is 13.0. The standard InChI is InChI=1S/C19H21FN4O3/c1-12-7-5-8-14(18(24-26-4)19(25)21-3)15(12)11-27-23-13(2)16-9-6-10-17(20)22-16/h5-10H,11H2,1-4H3,(H,21,25)/b23-13+,24-18+. The number of amides is 1. The molecule has 0 radical (unpaired) electrons. The Labute approximate surface area is 156 Å². The predicted molar refractivity (Wildman–Crippen MR) is 100.0 cm³/mol. The number of oxime groups is 2. The van der Waals surface area contributed by atoms with Crippen LogP contribution in [0, 0.1) is 12.9 Å². The second-order valence-electron chi connectivity index (χ2n) is 5.60. The van der Waals surface area contributed by atoms with Gasteiger partial charge in [0.05, 0.1) is 5.69 Å². The Morgan fingerprint density at radius 1 is 1.22 bits per heavy atom. The van der Waals surface area contributed by atoms with Crippen LogP contribution in [0.15, 0.2) is 46.7 Å². The van der Waals surface area contributed by atoms with Crippen molar-refractivity contribution in [1.82, 2.24) is 10.3 Å². The summed E-state index contributed by atoms with van der Waals surface area (Å²) in [5, 5.41) is 10.4. The number of likely N-dealkylation sites (N-methyl/N-ethyl adjacent to an activating group) is 1. The number of halogens is 1. The smallest absolute Gasteiger partial charge is 0.273 e. The third-order valence-electron chi connectivity index (χ3n) is 3.79. The van der Waals surface area contributed by atoms with Gasteiger partial charge in [0, 0.05) is 18.2 Å². The number of pyridine rings is 1. The molecule has 8 heteroatoms. The summed E-state index contributed by atoms with van der Waals surface area (Å²) in [6.07, 6.45) is 0. The first-order valence-electron chi connectivity index (χ1n) is 8.19. The molecule has 0 fully saturated rings. The molecule has 2 aromatic rings. The van der Waals surface area contributed by atoms with Gasteiger partial charge in [-0.25, -0.2) is 4.98 Å². The molecule has 0 saturated heterocycles. The molecule has 1 N–H and O–H groups in total. The second kappa shape index (κ2) is 9.42. The molecule has 0 aliphatic heterocycles. The van der Waals surface area contributed by atoms with Crippen LogP contribution >= 0.6 is 0 Å². The number of aromatic nitrogens is 1. The van der Waals surface area contributed by atoms with E-state index in [4.69, 9.17) is 9.68 Å². The lowest BCUT2D eigenvalue weighted by Gasteiger charge is -2.13. The number of carbonyl (C=O) groups is 1. The topological polar surface area (TPSA) is 85.2 Å². The lowest BCUT2D eigenvalue weighted by Crippen LogP contribution is -2.29. The highest BCUT2D eigenvalue weighted by molar-refractivity contribution is 6.45. The summed E-state index contributed by atoms with van der Waals surface area (Å²) in [6, 6.07) is 9.90. The highest BCUT2D eigenvalue weighted by Crippen LogP contribution is 2.17. The van der Waals surface area contributed by atoms with Crippen molar-refractivity contribution in [1.29, 1.82) is 0 Å². The van der Waals surface area contributed by atoms with Crippen molar-refractivity contribution in [3.05, 3.63) is 64.7 Å². The molecule has 0 unspecified atom stereocenters. The van der Waals surface area contributed by atoms with Crippen LogP contribution in [0.2, 0.25) is 0 Å². The summed E-state index contributed by atoms with van der Waals surface area (Å²) in [5.41, 5.74) is 3.16. The molecule has 1 heterocycles. The first kappa shape index (κ1) is 20.0. The molecule has 0 aliphatic carbocycles. The second-order valence-corrected chi connectivity index (χ2v) is 5.60. The van der Waals surface area contributed by atoms with Crippen molar-refractivity contribution in [2.24, 2.45) is 10.3 Å². The number of hydrogen-bond donors (Lipinski definition) is 1. The van der Waals surface area contributed by atoms with Gasteiger partial charge < -0.3 is 15.0 Å².